The number of furan rings is 1. The van der Waals surface area contributed by atoms with Gasteiger partial charge in [0.05, 0.1) is 6.54 Å². The Kier molecular flexibility index (Phi) is 6.61. The van der Waals surface area contributed by atoms with Gasteiger partial charge in [0, 0.05) is 12.6 Å². The van der Waals surface area contributed by atoms with Crippen molar-refractivity contribution in [3.8, 4) is 0 Å². The molecule has 1 aliphatic rings. The smallest absolute Gasteiger partial charge is 0.136 e. The van der Waals surface area contributed by atoms with Gasteiger partial charge in [0.1, 0.15) is 22.9 Å². The van der Waals surface area contributed by atoms with Crippen LogP contribution in [-0.2, 0) is 18.7 Å². The van der Waals surface area contributed by atoms with Crippen molar-refractivity contribution in [2.45, 2.75) is 78.1 Å². The van der Waals surface area contributed by atoms with Crippen molar-refractivity contribution in [2.24, 2.45) is 11.8 Å². The molecule has 1 saturated carbocycles. The van der Waals surface area contributed by atoms with Gasteiger partial charge in [-0.2, -0.15) is 0 Å². The highest BCUT2D eigenvalue weighted by Crippen LogP contribution is 2.41. The van der Waals surface area contributed by atoms with Crippen LogP contribution in [0.3, 0.4) is 0 Å². The van der Waals surface area contributed by atoms with Crippen molar-refractivity contribution < 1.29 is 13.9 Å². The molecule has 154 valence electrons. The third-order valence-electron chi connectivity index (χ3n) is 6.48. The Bertz CT molecular complexity index is 757. The summed E-state index contributed by atoms with van der Waals surface area (Å²) < 4.78 is 19.7. The number of nitrogens with zero attached hydrogens (tertiary/aromatic N) is 1. The lowest BCUT2D eigenvalue weighted by Gasteiger charge is -2.37. The molecular weight excluding hydrogens is 353 g/mol. The predicted octanol–water partition coefficient (Wildman–Crippen LogP) is 5.86. The number of rotatable bonds is 10. The Balaban J connectivity index is 1.78. The Morgan fingerprint density at radius 3 is 2.36 bits per heavy atom. The highest BCUT2D eigenvalue weighted by molar-refractivity contribution is 5.19. The van der Waals surface area contributed by atoms with E-state index in [0.29, 0.717) is 24.9 Å². The topological polar surface area (TPSA) is 36.6 Å². The molecule has 28 heavy (non-hydrogen) atoms. The van der Waals surface area contributed by atoms with E-state index in [-0.39, 0.29) is 17.7 Å². The Morgan fingerprint density at radius 2 is 1.79 bits per heavy atom. The van der Waals surface area contributed by atoms with Crippen molar-refractivity contribution in [1.82, 2.24) is 4.90 Å². The number of hydrogen-bond acceptors (Lipinski definition) is 3. The number of benzene rings is 1. The maximum atomic E-state index is 13.5. The van der Waals surface area contributed by atoms with E-state index in [2.05, 4.69) is 32.6 Å². The van der Waals surface area contributed by atoms with Crippen LogP contribution in [0.5, 0.6) is 0 Å². The summed E-state index contributed by atoms with van der Waals surface area (Å²) in [5, 5.41) is 11.5. The van der Waals surface area contributed by atoms with Crippen molar-refractivity contribution in [3.05, 3.63) is 59.3 Å². The first-order valence-electron chi connectivity index (χ1n) is 10.7. The fraction of sp³-hybridized carbons (Fsp3) is 0.583. The average Bonchev–Trinajstić information content (AvgIpc) is 3.44. The van der Waals surface area contributed by atoms with Crippen LogP contribution in [0.1, 0.15) is 70.5 Å². The fourth-order valence-corrected chi connectivity index (χ4v) is 4.10. The molecule has 0 spiro atoms. The van der Waals surface area contributed by atoms with Gasteiger partial charge in [-0.05, 0) is 54.5 Å². The molecule has 1 fully saturated rings. The molecule has 0 bridgehead atoms. The van der Waals surface area contributed by atoms with Crippen molar-refractivity contribution in [1.29, 1.82) is 0 Å². The quantitative estimate of drug-likeness (QED) is 0.554. The van der Waals surface area contributed by atoms with E-state index in [1.54, 1.807) is 12.1 Å². The summed E-state index contributed by atoms with van der Waals surface area (Å²) in [5.41, 5.74) is 0.0312. The van der Waals surface area contributed by atoms with Gasteiger partial charge in [0.25, 0.3) is 0 Å². The fourth-order valence-electron chi connectivity index (χ4n) is 4.10. The average molecular weight is 388 g/mol. The molecule has 2 atom stereocenters. The third-order valence-corrected chi connectivity index (χ3v) is 6.48. The lowest BCUT2D eigenvalue weighted by molar-refractivity contribution is -0.0848. The molecule has 0 saturated heterocycles. The predicted molar refractivity (Wildman–Crippen MR) is 110 cm³/mol. The van der Waals surface area contributed by atoms with E-state index in [4.69, 9.17) is 4.42 Å². The van der Waals surface area contributed by atoms with Crippen LogP contribution >= 0.6 is 0 Å². The standard InChI is InChI=1S/C24H34FNO2/c1-5-17(3)24(27,18(4)6-2)23-13-12-22(28-23)16-26(21-10-11-21)15-19-8-7-9-20(25)14-19/h7-9,12-14,17-18,21,27H,5-6,10-11,15-16H2,1-4H3. The van der Waals surface area contributed by atoms with Crippen LogP contribution < -0.4 is 0 Å². The summed E-state index contributed by atoms with van der Waals surface area (Å²) in [6.45, 7) is 9.78. The van der Waals surface area contributed by atoms with Crippen LogP contribution in [0.2, 0.25) is 0 Å². The SMILES string of the molecule is CCC(C)C(O)(c1ccc(CN(Cc2cccc(F)c2)C2CC2)o1)C(C)CC. The monoisotopic (exact) mass is 387 g/mol. The Hall–Kier alpha value is -1.65. The molecule has 0 amide bonds. The lowest BCUT2D eigenvalue weighted by atomic mass is 9.74. The molecule has 3 rings (SSSR count). The van der Waals surface area contributed by atoms with Crippen LogP contribution in [0, 0.1) is 17.7 Å². The second kappa shape index (κ2) is 8.79. The van der Waals surface area contributed by atoms with E-state index >= 15 is 0 Å². The minimum absolute atomic E-state index is 0.119. The molecule has 2 unspecified atom stereocenters. The second-order valence-electron chi connectivity index (χ2n) is 8.48. The molecule has 0 radical (unpaired) electrons. The molecule has 1 heterocycles. The zero-order valence-corrected chi connectivity index (χ0v) is 17.6. The van der Waals surface area contributed by atoms with Gasteiger partial charge in [-0.25, -0.2) is 4.39 Å². The van der Waals surface area contributed by atoms with Gasteiger partial charge in [0.2, 0.25) is 0 Å². The van der Waals surface area contributed by atoms with Gasteiger partial charge in [0.15, 0.2) is 0 Å². The molecule has 3 nitrogen and oxygen atoms in total. The van der Waals surface area contributed by atoms with E-state index in [9.17, 15) is 9.50 Å². The van der Waals surface area contributed by atoms with Gasteiger partial charge in [-0.1, -0.05) is 52.7 Å². The van der Waals surface area contributed by atoms with Gasteiger partial charge in [-0.3, -0.25) is 4.90 Å². The summed E-state index contributed by atoms with van der Waals surface area (Å²) >= 11 is 0. The van der Waals surface area contributed by atoms with E-state index < -0.39 is 5.60 Å². The van der Waals surface area contributed by atoms with Crippen LogP contribution in [0.25, 0.3) is 0 Å². The van der Waals surface area contributed by atoms with Gasteiger partial charge >= 0.3 is 0 Å². The van der Waals surface area contributed by atoms with Crippen molar-refractivity contribution >= 4 is 0 Å². The molecule has 2 aromatic rings. The van der Waals surface area contributed by atoms with Crippen LogP contribution in [0.4, 0.5) is 4.39 Å². The van der Waals surface area contributed by atoms with E-state index in [1.807, 2.05) is 18.2 Å². The second-order valence-corrected chi connectivity index (χ2v) is 8.48. The maximum Gasteiger partial charge on any atom is 0.136 e. The first kappa shape index (κ1) is 21.1. The Morgan fingerprint density at radius 1 is 1.11 bits per heavy atom. The molecule has 4 heteroatoms. The molecule has 0 aliphatic heterocycles. The summed E-state index contributed by atoms with van der Waals surface area (Å²) in [6.07, 6.45) is 4.13. The van der Waals surface area contributed by atoms with Crippen LogP contribution in [0.15, 0.2) is 40.8 Å². The molecular formula is C24H34FNO2. The minimum Gasteiger partial charge on any atom is -0.462 e. The lowest BCUT2D eigenvalue weighted by Crippen LogP contribution is -2.39. The summed E-state index contributed by atoms with van der Waals surface area (Å²) in [5.74, 6) is 1.58. The third kappa shape index (κ3) is 4.49. The summed E-state index contributed by atoms with van der Waals surface area (Å²) in [6, 6.07) is 11.3. The molecule has 1 aliphatic carbocycles. The van der Waals surface area contributed by atoms with Crippen molar-refractivity contribution in [3.63, 3.8) is 0 Å². The number of aliphatic hydroxyl groups is 1. The zero-order valence-electron chi connectivity index (χ0n) is 17.6. The molecule has 1 aromatic heterocycles. The molecule has 1 N–H and O–H groups in total. The van der Waals surface area contributed by atoms with Gasteiger partial charge < -0.3 is 9.52 Å². The zero-order chi connectivity index (χ0) is 20.3. The largest absolute Gasteiger partial charge is 0.462 e. The van der Waals surface area contributed by atoms with Gasteiger partial charge in [-0.15, -0.1) is 0 Å². The maximum absolute atomic E-state index is 13.5. The van der Waals surface area contributed by atoms with Crippen molar-refractivity contribution in [2.75, 3.05) is 0 Å². The Labute approximate surface area is 168 Å². The summed E-state index contributed by atoms with van der Waals surface area (Å²) in [4.78, 5) is 2.35. The van der Waals surface area contributed by atoms with E-state index in [0.717, 1.165) is 24.2 Å². The first-order valence-corrected chi connectivity index (χ1v) is 10.7. The molecule has 1 aromatic carbocycles. The first-order chi connectivity index (χ1) is 13.4. The minimum atomic E-state index is -0.950. The van der Waals surface area contributed by atoms with Crippen LogP contribution in [-0.4, -0.2) is 16.0 Å². The summed E-state index contributed by atoms with van der Waals surface area (Å²) in [7, 11) is 0. The highest BCUT2D eigenvalue weighted by atomic mass is 19.1. The van der Waals surface area contributed by atoms with E-state index in [1.165, 1.54) is 18.9 Å². The number of halogens is 1. The normalized spacial score (nSPS) is 18.8. The number of hydrogen-bond donors (Lipinski definition) is 1. The highest BCUT2D eigenvalue weighted by Gasteiger charge is 2.42.